The van der Waals surface area contributed by atoms with E-state index >= 15 is 0 Å². The van der Waals surface area contributed by atoms with Crippen LogP contribution in [0.5, 0.6) is 0 Å². The smallest absolute Gasteiger partial charge is 0.472 e. The number of carbonyl (C=O) groups is 1. The molecule has 0 aromatic rings. The first-order valence-corrected chi connectivity index (χ1v) is 22.6. The lowest BCUT2D eigenvalue weighted by atomic mass is 10.1. The van der Waals surface area contributed by atoms with Gasteiger partial charge in [-0.05, 0) is 96.0 Å². The van der Waals surface area contributed by atoms with Gasteiger partial charge in [-0.3, -0.25) is 13.8 Å². The number of unbranched alkanes of at least 4 members (excludes halogenated alkanes) is 14. The second-order valence-corrected chi connectivity index (χ2v) is 15.0. The zero-order valence-corrected chi connectivity index (χ0v) is 35.1. The number of nitrogens with two attached hydrogens (primary N) is 1. The molecule has 0 saturated heterocycles. The molecule has 9 heteroatoms. The summed E-state index contributed by atoms with van der Waals surface area (Å²) in [4.78, 5) is 22.4. The first-order chi connectivity index (χ1) is 26.4. The fraction of sp³-hybridized carbons (Fsp3) is 0.667. The summed E-state index contributed by atoms with van der Waals surface area (Å²) in [6, 6.07) is 0. The fourth-order valence-corrected chi connectivity index (χ4v) is 6.04. The fourth-order valence-electron chi connectivity index (χ4n) is 5.28. The van der Waals surface area contributed by atoms with Crippen LogP contribution in [0.1, 0.15) is 162 Å². The lowest BCUT2D eigenvalue weighted by Crippen LogP contribution is -2.27. The molecule has 0 bridgehead atoms. The number of phosphoric ester groups is 1. The average Bonchev–Trinajstić information content (AvgIpc) is 3.16. The largest absolute Gasteiger partial charge is 0.498 e. The van der Waals surface area contributed by atoms with E-state index in [0.29, 0.717) is 6.42 Å². The van der Waals surface area contributed by atoms with Gasteiger partial charge in [0.2, 0.25) is 0 Å². The van der Waals surface area contributed by atoms with Crippen molar-refractivity contribution in [3.8, 4) is 0 Å². The van der Waals surface area contributed by atoms with Gasteiger partial charge in [0.15, 0.2) is 6.10 Å². The third kappa shape index (κ3) is 40.7. The van der Waals surface area contributed by atoms with Crippen molar-refractivity contribution in [1.82, 2.24) is 0 Å². The Balaban J connectivity index is 4.20. The van der Waals surface area contributed by atoms with Crippen molar-refractivity contribution in [3.63, 3.8) is 0 Å². The van der Waals surface area contributed by atoms with Crippen LogP contribution in [0.2, 0.25) is 0 Å². The van der Waals surface area contributed by atoms with Crippen molar-refractivity contribution >= 4 is 13.8 Å². The van der Waals surface area contributed by atoms with Crippen LogP contribution >= 0.6 is 7.82 Å². The molecule has 0 heterocycles. The highest BCUT2D eigenvalue weighted by molar-refractivity contribution is 7.47. The van der Waals surface area contributed by atoms with E-state index < -0.39 is 13.9 Å². The molecule has 0 saturated carbocycles. The van der Waals surface area contributed by atoms with Gasteiger partial charge in [-0.1, -0.05) is 138 Å². The van der Waals surface area contributed by atoms with Gasteiger partial charge in [0.1, 0.15) is 6.61 Å². The van der Waals surface area contributed by atoms with E-state index in [0.717, 1.165) is 64.2 Å². The van der Waals surface area contributed by atoms with Crippen molar-refractivity contribution in [1.29, 1.82) is 0 Å². The highest BCUT2D eigenvalue weighted by Crippen LogP contribution is 2.43. The summed E-state index contributed by atoms with van der Waals surface area (Å²) in [5.74, 6) is -0.389. The molecule has 3 N–H and O–H groups in total. The lowest BCUT2D eigenvalue weighted by Gasteiger charge is -2.19. The summed E-state index contributed by atoms with van der Waals surface area (Å²) in [6.07, 6.45) is 54.0. The first-order valence-electron chi connectivity index (χ1n) is 21.1. The van der Waals surface area contributed by atoms with Crippen LogP contribution in [0, 0.1) is 0 Å². The molecule has 0 aliphatic carbocycles. The highest BCUT2D eigenvalue weighted by Gasteiger charge is 2.25. The molecule has 0 aliphatic rings. The summed E-state index contributed by atoms with van der Waals surface area (Å²) in [7, 11) is -4.31. The van der Waals surface area contributed by atoms with Crippen LogP contribution in [0.4, 0.5) is 0 Å². The van der Waals surface area contributed by atoms with Crippen molar-refractivity contribution in [2.75, 3.05) is 26.4 Å². The number of ether oxygens (including phenoxy) is 2. The zero-order valence-electron chi connectivity index (χ0n) is 34.2. The third-order valence-electron chi connectivity index (χ3n) is 8.36. The first kappa shape index (κ1) is 51.5. The van der Waals surface area contributed by atoms with E-state index in [4.69, 9.17) is 24.3 Å². The molecule has 54 heavy (non-hydrogen) atoms. The Kier molecular flexibility index (Phi) is 39.8. The Bertz CT molecular complexity index is 1100. The number of hydrogen-bond acceptors (Lipinski definition) is 7. The number of carbonyl (C=O) groups excluding carboxylic acids is 1. The van der Waals surface area contributed by atoms with Gasteiger partial charge in [-0.25, -0.2) is 4.57 Å². The highest BCUT2D eigenvalue weighted by atomic mass is 31.2. The normalized spacial score (nSPS) is 14.3. The maximum absolute atomic E-state index is 12.6. The number of hydrogen-bond donors (Lipinski definition) is 2. The van der Waals surface area contributed by atoms with Crippen molar-refractivity contribution in [3.05, 3.63) is 85.3 Å². The summed E-state index contributed by atoms with van der Waals surface area (Å²) in [5.41, 5.74) is 5.36. The van der Waals surface area contributed by atoms with Gasteiger partial charge in [-0.2, -0.15) is 0 Å². The number of phosphoric acid groups is 1. The molecule has 0 aromatic carbocycles. The maximum atomic E-state index is 12.6. The van der Waals surface area contributed by atoms with Crippen LogP contribution in [0.3, 0.4) is 0 Å². The molecular weight excluding hydrogens is 697 g/mol. The van der Waals surface area contributed by atoms with E-state index in [1.807, 2.05) is 6.08 Å². The maximum Gasteiger partial charge on any atom is 0.472 e. The molecule has 0 fully saturated rings. The Morgan fingerprint density at radius 1 is 0.593 bits per heavy atom. The number of rotatable bonds is 39. The van der Waals surface area contributed by atoms with Gasteiger partial charge in [0.05, 0.1) is 19.5 Å². The minimum Gasteiger partial charge on any atom is -0.498 e. The van der Waals surface area contributed by atoms with Crippen molar-refractivity contribution in [2.45, 2.75) is 168 Å². The van der Waals surface area contributed by atoms with Gasteiger partial charge in [-0.15, -0.1) is 0 Å². The standard InChI is InChI=1S/C45H78NO7P/c1-3-5-7-9-11-13-15-17-19-21-22-23-24-26-28-30-32-34-36-38-45(47)53-44(43-52-54(48,49)51-41-39-46)42-50-40-37-35-33-31-29-27-25-20-18-16-14-12-10-8-6-4-2/h5,7,11,13-14,16-17,19,22-23,26,28,37,40,44H,3-4,6,8-10,12,15,18,20-21,24-25,27,29-36,38-39,41-43,46H2,1-2H3,(H,48,49)/t44-/m1/s1. The second-order valence-electron chi connectivity index (χ2n) is 13.5. The van der Waals surface area contributed by atoms with Gasteiger partial charge >= 0.3 is 13.8 Å². The Morgan fingerprint density at radius 2 is 1.06 bits per heavy atom. The number of esters is 1. The van der Waals surface area contributed by atoms with Crippen LogP contribution in [0.15, 0.2) is 85.3 Å². The Labute approximate surface area is 330 Å². The topological polar surface area (TPSA) is 117 Å². The van der Waals surface area contributed by atoms with Gasteiger partial charge < -0.3 is 20.1 Å². The molecule has 310 valence electrons. The van der Waals surface area contributed by atoms with Gasteiger partial charge in [0.25, 0.3) is 0 Å². The minimum absolute atomic E-state index is 0.0103. The van der Waals surface area contributed by atoms with Crippen LogP contribution in [-0.2, 0) is 27.9 Å². The van der Waals surface area contributed by atoms with Crippen molar-refractivity contribution in [2.24, 2.45) is 5.73 Å². The molecular formula is C45H78NO7P. The summed E-state index contributed by atoms with van der Waals surface area (Å²) < 4.78 is 33.1. The summed E-state index contributed by atoms with van der Waals surface area (Å²) >= 11 is 0. The predicted octanol–water partition coefficient (Wildman–Crippen LogP) is 12.9. The molecule has 0 rings (SSSR count). The van der Waals surface area contributed by atoms with Crippen LogP contribution in [0.25, 0.3) is 0 Å². The summed E-state index contributed by atoms with van der Waals surface area (Å²) in [6.45, 7) is 4.05. The quantitative estimate of drug-likeness (QED) is 0.0208. The Morgan fingerprint density at radius 3 is 1.59 bits per heavy atom. The van der Waals surface area contributed by atoms with Crippen LogP contribution in [-0.4, -0.2) is 43.3 Å². The molecule has 0 aromatic heterocycles. The molecule has 0 aliphatic heterocycles. The zero-order chi connectivity index (χ0) is 39.5. The molecule has 2 atom stereocenters. The van der Waals surface area contributed by atoms with E-state index in [9.17, 15) is 14.3 Å². The van der Waals surface area contributed by atoms with E-state index in [1.165, 1.54) is 70.6 Å². The summed E-state index contributed by atoms with van der Waals surface area (Å²) in [5, 5.41) is 0. The second kappa shape index (κ2) is 41.7. The van der Waals surface area contributed by atoms with Gasteiger partial charge in [0, 0.05) is 13.0 Å². The molecule has 8 nitrogen and oxygen atoms in total. The SMILES string of the molecule is CCC=CCC=CCC=CCC=CCC=CCCCCCC(=O)O[C@H](COC=CCCCCCCCCC=CCCCCCC)COP(=O)(O)OCCN. The van der Waals surface area contributed by atoms with Crippen molar-refractivity contribution < 1.29 is 32.8 Å². The number of allylic oxidation sites excluding steroid dienone is 13. The van der Waals surface area contributed by atoms with E-state index in [2.05, 4.69) is 86.8 Å². The third-order valence-corrected chi connectivity index (χ3v) is 9.34. The van der Waals surface area contributed by atoms with Crippen LogP contribution < -0.4 is 5.73 Å². The molecule has 1 unspecified atom stereocenters. The molecule has 0 radical (unpaired) electrons. The minimum atomic E-state index is -4.31. The van der Waals surface area contributed by atoms with E-state index in [-0.39, 0.29) is 38.8 Å². The Hall–Kier alpha value is -2.48. The molecule has 0 spiro atoms. The average molecular weight is 776 g/mol. The monoisotopic (exact) mass is 776 g/mol. The predicted molar refractivity (Wildman–Crippen MR) is 228 cm³/mol. The van der Waals surface area contributed by atoms with E-state index in [1.54, 1.807) is 6.26 Å². The molecule has 0 amide bonds. The lowest BCUT2D eigenvalue weighted by molar-refractivity contribution is -0.153.